The Balaban J connectivity index is 1.49. The van der Waals surface area contributed by atoms with E-state index in [0.717, 1.165) is 9.47 Å². The molecule has 0 atom stereocenters. The van der Waals surface area contributed by atoms with Gasteiger partial charge in [0.1, 0.15) is 11.1 Å². The van der Waals surface area contributed by atoms with Crippen LogP contribution in [0.3, 0.4) is 0 Å². The molecular weight excluding hydrogens is 326 g/mol. The maximum Gasteiger partial charge on any atom is 0.235 e. The molecule has 0 bridgehead atoms. The summed E-state index contributed by atoms with van der Waals surface area (Å²) in [7, 11) is 0. The van der Waals surface area contributed by atoms with Crippen LogP contribution < -0.4 is 10.6 Å². The highest BCUT2D eigenvalue weighted by Crippen LogP contribution is 2.30. The first-order chi connectivity index (χ1) is 10.2. The number of thioether (sulfide) groups is 1. The Bertz CT molecular complexity index is 685. The van der Waals surface area contributed by atoms with Crippen molar-refractivity contribution >= 4 is 50.5 Å². The summed E-state index contributed by atoms with van der Waals surface area (Å²) in [6.45, 7) is 0. The minimum absolute atomic E-state index is 0.147. The number of nitriles is 1. The number of aromatic nitrogens is 2. The minimum Gasteiger partial charge on any atom is -0.357 e. The molecule has 108 valence electrons. The molecule has 1 amide bonds. The smallest absolute Gasteiger partial charge is 0.235 e. The van der Waals surface area contributed by atoms with Crippen LogP contribution >= 0.6 is 34.4 Å². The lowest BCUT2D eigenvalue weighted by Crippen LogP contribution is -2.13. The number of hydrogen-bond acceptors (Lipinski definition) is 8. The van der Waals surface area contributed by atoms with E-state index in [9.17, 15) is 4.79 Å². The van der Waals surface area contributed by atoms with Crippen molar-refractivity contribution < 1.29 is 4.79 Å². The molecule has 0 unspecified atom stereocenters. The highest BCUT2D eigenvalue weighted by Gasteiger charge is 2.22. The molecule has 1 aliphatic carbocycles. The lowest BCUT2D eigenvalue weighted by atomic mass is 10.3. The molecule has 1 saturated carbocycles. The number of rotatable bonds is 6. The molecule has 0 saturated heterocycles. The molecule has 0 aromatic carbocycles. The summed E-state index contributed by atoms with van der Waals surface area (Å²) in [6, 6.07) is 4.27. The predicted molar refractivity (Wildman–Crippen MR) is 84.9 cm³/mol. The summed E-state index contributed by atoms with van der Waals surface area (Å²) >= 11 is 4.15. The first kappa shape index (κ1) is 14.3. The van der Waals surface area contributed by atoms with E-state index >= 15 is 0 Å². The van der Waals surface area contributed by atoms with Crippen molar-refractivity contribution in [1.82, 2.24) is 10.2 Å². The number of thiophene rings is 1. The van der Waals surface area contributed by atoms with Crippen LogP contribution in [0, 0.1) is 11.3 Å². The number of amides is 1. The number of anilines is 2. The lowest BCUT2D eigenvalue weighted by Gasteiger charge is -2.01. The van der Waals surface area contributed by atoms with Gasteiger partial charge in [0.15, 0.2) is 4.34 Å². The van der Waals surface area contributed by atoms with E-state index < -0.39 is 0 Å². The van der Waals surface area contributed by atoms with E-state index in [0.29, 0.717) is 16.6 Å². The average molecular weight is 337 g/mol. The van der Waals surface area contributed by atoms with Crippen LogP contribution in [0.5, 0.6) is 0 Å². The van der Waals surface area contributed by atoms with Gasteiger partial charge in [0.25, 0.3) is 0 Å². The fourth-order valence-corrected chi connectivity index (χ4v) is 3.90. The Labute approximate surface area is 133 Å². The van der Waals surface area contributed by atoms with Crippen LogP contribution in [-0.2, 0) is 4.79 Å². The fraction of sp³-hybridized carbons (Fsp3) is 0.333. The predicted octanol–water partition coefficient (Wildman–Crippen LogP) is 2.78. The number of nitrogens with one attached hydrogen (secondary N) is 2. The van der Waals surface area contributed by atoms with Gasteiger partial charge >= 0.3 is 0 Å². The van der Waals surface area contributed by atoms with Crippen LogP contribution in [0.25, 0.3) is 0 Å². The van der Waals surface area contributed by atoms with Crippen molar-refractivity contribution in [2.45, 2.75) is 23.2 Å². The van der Waals surface area contributed by atoms with Gasteiger partial charge in [-0.3, -0.25) is 4.79 Å². The van der Waals surface area contributed by atoms with Crippen molar-refractivity contribution in [1.29, 1.82) is 5.26 Å². The van der Waals surface area contributed by atoms with Gasteiger partial charge in [-0.05, 0) is 24.3 Å². The first-order valence-corrected chi connectivity index (χ1v) is 8.93. The molecule has 2 aromatic rings. The van der Waals surface area contributed by atoms with Crippen LogP contribution in [-0.4, -0.2) is 27.9 Å². The molecule has 1 fully saturated rings. The number of hydrogen-bond donors (Lipinski definition) is 2. The van der Waals surface area contributed by atoms with Gasteiger partial charge < -0.3 is 10.6 Å². The van der Waals surface area contributed by atoms with Crippen molar-refractivity contribution in [3.63, 3.8) is 0 Å². The van der Waals surface area contributed by atoms with Crippen molar-refractivity contribution in [2.75, 3.05) is 16.4 Å². The normalized spacial score (nSPS) is 13.7. The molecule has 0 aliphatic heterocycles. The number of carbonyl (C=O) groups is 1. The highest BCUT2D eigenvalue weighted by molar-refractivity contribution is 8.01. The van der Waals surface area contributed by atoms with Gasteiger partial charge in [0.2, 0.25) is 11.0 Å². The molecular formula is C12H11N5OS3. The molecule has 0 radical (unpaired) electrons. The van der Waals surface area contributed by atoms with E-state index in [1.165, 1.54) is 47.3 Å². The summed E-state index contributed by atoms with van der Waals surface area (Å²) in [5, 5.41) is 26.2. The van der Waals surface area contributed by atoms with Gasteiger partial charge in [0, 0.05) is 6.04 Å². The Kier molecular flexibility index (Phi) is 4.38. The Morgan fingerprint density at radius 1 is 1.52 bits per heavy atom. The maximum absolute atomic E-state index is 11.9. The van der Waals surface area contributed by atoms with Crippen molar-refractivity contribution in [2.24, 2.45) is 0 Å². The van der Waals surface area contributed by atoms with E-state index in [1.54, 1.807) is 11.4 Å². The standard InChI is InChI=1S/C12H11N5OS3/c13-5-7-3-4-19-10(7)15-9(18)6-20-12-17-16-11(21-12)14-8-1-2-8/h3-4,8H,1-2,6H2,(H,14,16)(H,15,18). The summed E-state index contributed by atoms with van der Waals surface area (Å²) < 4.78 is 0.764. The monoisotopic (exact) mass is 337 g/mol. The zero-order valence-corrected chi connectivity index (χ0v) is 13.3. The molecule has 2 heterocycles. The second kappa shape index (κ2) is 6.43. The van der Waals surface area contributed by atoms with E-state index in [2.05, 4.69) is 20.8 Å². The fourth-order valence-electron chi connectivity index (χ4n) is 1.51. The van der Waals surface area contributed by atoms with Crippen LogP contribution in [0.2, 0.25) is 0 Å². The average Bonchev–Trinajstić information content (AvgIpc) is 2.99. The van der Waals surface area contributed by atoms with Gasteiger partial charge in [-0.2, -0.15) is 5.26 Å². The van der Waals surface area contributed by atoms with E-state index in [1.807, 2.05) is 6.07 Å². The third-order valence-corrected chi connectivity index (χ3v) is 5.49. The Morgan fingerprint density at radius 3 is 3.14 bits per heavy atom. The quantitative estimate of drug-likeness (QED) is 0.788. The Morgan fingerprint density at radius 2 is 2.38 bits per heavy atom. The second-order valence-electron chi connectivity index (χ2n) is 4.40. The number of carbonyl (C=O) groups excluding carboxylic acids is 1. The number of nitrogens with zero attached hydrogens (tertiary/aromatic N) is 3. The summed E-state index contributed by atoms with van der Waals surface area (Å²) in [4.78, 5) is 11.9. The minimum atomic E-state index is -0.147. The van der Waals surface area contributed by atoms with Crippen LogP contribution in [0.4, 0.5) is 10.1 Å². The molecule has 21 heavy (non-hydrogen) atoms. The summed E-state index contributed by atoms with van der Waals surface area (Å²) in [5.74, 6) is 0.103. The zero-order valence-electron chi connectivity index (χ0n) is 10.8. The molecule has 2 aromatic heterocycles. The van der Waals surface area contributed by atoms with Gasteiger partial charge in [0.05, 0.1) is 11.3 Å². The molecule has 1 aliphatic rings. The first-order valence-electron chi connectivity index (χ1n) is 6.25. The van der Waals surface area contributed by atoms with E-state index in [4.69, 9.17) is 5.26 Å². The van der Waals surface area contributed by atoms with Crippen LogP contribution in [0.1, 0.15) is 18.4 Å². The van der Waals surface area contributed by atoms with Crippen molar-refractivity contribution in [3.05, 3.63) is 17.0 Å². The maximum atomic E-state index is 11.9. The molecule has 9 heteroatoms. The molecule has 2 N–H and O–H groups in total. The Hall–Kier alpha value is -1.63. The highest BCUT2D eigenvalue weighted by atomic mass is 32.2. The summed E-state index contributed by atoms with van der Waals surface area (Å²) in [5.41, 5.74) is 0.491. The zero-order chi connectivity index (χ0) is 14.7. The van der Waals surface area contributed by atoms with Gasteiger partial charge in [-0.1, -0.05) is 23.1 Å². The summed E-state index contributed by atoms with van der Waals surface area (Å²) in [6.07, 6.45) is 2.37. The van der Waals surface area contributed by atoms with Gasteiger partial charge in [-0.15, -0.1) is 21.5 Å². The van der Waals surface area contributed by atoms with Crippen molar-refractivity contribution in [3.8, 4) is 6.07 Å². The lowest BCUT2D eigenvalue weighted by molar-refractivity contribution is -0.113. The topological polar surface area (TPSA) is 90.7 Å². The van der Waals surface area contributed by atoms with Gasteiger partial charge in [-0.25, -0.2) is 0 Å². The van der Waals surface area contributed by atoms with E-state index in [-0.39, 0.29) is 11.7 Å². The largest absolute Gasteiger partial charge is 0.357 e. The third-order valence-electron chi connectivity index (χ3n) is 2.68. The van der Waals surface area contributed by atoms with Crippen LogP contribution in [0.15, 0.2) is 15.8 Å². The second-order valence-corrected chi connectivity index (χ2v) is 7.52. The third kappa shape index (κ3) is 3.93. The molecule has 0 spiro atoms. The molecule has 6 nitrogen and oxygen atoms in total. The molecule has 3 rings (SSSR count). The SMILES string of the molecule is N#Cc1ccsc1NC(=O)CSc1nnc(NC2CC2)s1.